The Labute approximate surface area is 150 Å². The van der Waals surface area contributed by atoms with E-state index >= 15 is 0 Å². The Morgan fingerprint density at radius 2 is 2.08 bits per heavy atom. The van der Waals surface area contributed by atoms with Gasteiger partial charge >= 0.3 is 5.97 Å². The van der Waals surface area contributed by atoms with Gasteiger partial charge in [0.15, 0.2) is 11.4 Å². The Kier molecular flexibility index (Phi) is 4.02. The maximum Gasteiger partial charge on any atom is 0.341 e. The summed E-state index contributed by atoms with van der Waals surface area (Å²) in [7, 11) is 1.29. The molecule has 1 amide bonds. The first-order valence-corrected chi connectivity index (χ1v) is 8.96. The number of pyridine rings is 1. The van der Waals surface area contributed by atoms with E-state index in [1.54, 1.807) is 4.57 Å². The predicted octanol–water partition coefficient (Wildman–Crippen LogP) is 1.28. The molecule has 2 aliphatic heterocycles. The SMILES string of the molecule is COc1c2n(cc(C(=O)O)c1=O)[C@H]1CCC[C@H]3OCC[C@@H](C)N(C2=O)C31. The van der Waals surface area contributed by atoms with E-state index in [1.165, 1.54) is 13.3 Å². The summed E-state index contributed by atoms with van der Waals surface area (Å²) >= 11 is 0. The third-order valence-electron chi connectivity index (χ3n) is 5.85. The number of hydrogen-bond acceptors (Lipinski definition) is 5. The number of carboxylic acid groups (broad SMARTS) is 1. The molecule has 1 aliphatic carbocycles. The van der Waals surface area contributed by atoms with Crippen LogP contribution in [0.4, 0.5) is 0 Å². The smallest absolute Gasteiger partial charge is 0.341 e. The quantitative estimate of drug-likeness (QED) is 0.851. The monoisotopic (exact) mass is 362 g/mol. The molecule has 0 aromatic carbocycles. The molecule has 2 fully saturated rings. The minimum absolute atomic E-state index is 0.0224. The lowest BCUT2D eigenvalue weighted by Gasteiger charge is -2.49. The predicted molar refractivity (Wildman–Crippen MR) is 90.9 cm³/mol. The molecular formula is C18H22N2O6. The first-order valence-electron chi connectivity index (χ1n) is 8.96. The zero-order valence-corrected chi connectivity index (χ0v) is 14.8. The van der Waals surface area contributed by atoms with Gasteiger partial charge in [-0.05, 0) is 32.6 Å². The average molecular weight is 362 g/mol. The van der Waals surface area contributed by atoms with E-state index in [0.29, 0.717) is 6.61 Å². The summed E-state index contributed by atoms with van der Waals surface area (Å²) in [5, 5.41) is 9.41. The van der Waals surface area contributed by atoms with Crippen LogP contribution in [-0.2, 0) is 4.74 Å². The van der Waals surface area contributed by atoms with Crippen LogP contribution in [0.25, 0.3) is 0 Å². The van der Waals surface area contributed by atoms with Gasteiger partial charge in [0.25, 0.3) is 5.91 Å². The topological polar surface area (TPSA) is 98.1 Å². The molecule has 0 bridgehead atoms. The highest BCUT2D eigenvalue weighted by atomic mass is 16.5. The lowest BCUT2D eigenvalue weighted by Crippen LogP contribution is -2.60. The Bertz CT molecular complexity index is 832. The maximum atomic E-state index is 13.3. The fourth-order valence-corrected chi connectivity index (χ4v) is 4.67. The number of amides is 1. The molecule has 0 radical (unpaired) electrons. The van der Waals surface area contributed by atoms with Crippen molar-refractivity contribution in [3.8, 4) is 5.75 Å². The van der Waals surface area contributed by atoms with Gasteiger partial charge in [0.2, 0.25) is 5.43 Å². The number of fused-ring (bicyclic) bond motifs is 2. The standard InChI is InChI=1S/C18H22N2O6/c1-9-6-7-26-12-5-3-4-11-13(12)20(9)17(22)14-16(25-2)15(21)10(18(23)24)8-19(11)14/h8-9,11-13H,3-7H2,1-2H3,(H,23,24)/t9-,11+,12-,13?/m1/s1. The van der Waals surface area contributed by atoms with Crippen molar-refractivity contribution >= 4 is 11.9 Å². The maximum absolute atomic E-state index is 13.3. The Morgan fingerprint density at radius 3 is 2.77 bits per heavy atom. The van der Waals surface area contributed by atoms with Gasteiger partial charge < -0.3 is 24.0 Å². The first kappa shape index (κ1) is 17.1. The molecular weight excluding hydrogens is 340 g/mol. The second kappa shape index (κ2) is 6.12. The third-order valence-corrected chi connectivity index (χ3v) is 5.85. The molecule has 140 valence electrons. The second-order valence-corrected chi connectivity index (χ2v) is 7.21. The van der Waals surface area contributed by atoms with Crippen LogP contribution in [0.5, 0.6) is 5.75 Å². The van der Waals surface area contributed by atoms with Crippen LogP contribution in [0, 0.1) is 0 Å². The summed E-state index contributed by atoms with van der Waals surface area (Å²) in [5.41, 5.74) is -0.987. The van der Waals surface area contributed by atoms with Crippen LogP contribution >= 0.6 is 0 Å². The zero-order chi connectivity index (χ0) is 18.6. The average Bonchev–Trinajstić information content (AvgIpc) is 2.78. The number of carbonyl (C=O) groups is 2. The molecule has 1 aromatic rings. The summed E-state index contributed by atoms with van der Waals surface area (Å²) in [6.07, 6.45) is 4.54. The lowest BCUT2D eigenvalue weighted by atomic mass is 9.83. The van der Waals surface area contributed by atoms with Crippen molar-refractivity contribution in [3.63, 3.8) is 0 Å². The second-order valence-electron chi connectivity index (χ2n) is 7.21. The Balaban J connectivity index is 1.99. The van der Waals surface area contributed by atoms with Crippen molar-refractivity contribution in [2.45, 2.75) is 56.8 Å². The number of nitrogens with zero attached hydrogens (tertiary/aromatic N) is 2. The highest BCUT2D eigenvalue weighted by Crippen LogP contribution is 2.42. The van der Waals surface area contributed by atoms with Crippen LogP contribution in [0.1, 0.15) is 59.5 Å². The van der Waals surface area contributed by atoms with E-state index in [2.05, 4.69) is 0 Å². The molecule has 1 unspecified atom stereocenters. The van der Waals surface area contributed by atoms with Crippen LogP contribution in [0.2, 0.25) is 0 Å². The summed E-state index contributed by atoms with van der Waals surface area (Å²) in [5.74, 6) is -1.80. The van der Waals surface area contributed by atoms with E-state index in [1.807, 2.05) is 11.8 Å². The molecule has 1 N–H and O–H groups in total. The van der Waals surface area contributed by atoms with Crippen LogP contribution < -0.4 is 10.2 Å². The molecule has 1 saturated carbocycles. The van der Waals surface area contributed by atoms with Gasteiger partial charge in [0, 0.05) is 18.8 Å². The number of hydrogen-bond donors (Lipinski definition) is 1. The minimum Gasteiger partial charge on any atom is -0.491 e. The number of methoxy groups -OCH3 is 1. The fraction of sp³-hybridized carbons (Fsp3) is 0.611. The fourth-order valence-electron chi connectivity index (χ4n) is 4.67. The molecule has 1 saturated heterocycles. The molecule has 8 nitrogen and oxygen atoms in total. The van der Waals surface area contributed by atoms with E-state index in [4.69, 9.17) is 9.47 Å². The van der Waals surface area contributed by atoms with Gasteiger partial charge in [-0.2, -0.15) is 0 Å². The van der Waals surface area contributed by atoms with Gasteiger partial charge in [-0.3, -0.25) is 9.59 Å². The molecule has 3 heterocycles. The number of carboxylic acids is 1. The number of aromatic carboxylic acids is 1. The third kappa shape index (κ3) is 2.28. The minimum atomic E-state index is -1.32. The van der Waals surface area contributed by atoms with Crippen molar-refractivity contribution in [2.75, 3.05) is 13.7 Å². The van der Waals surface area contributed by atoms with Gasteiger partial charge in [0.1, 0.15) is 5.56 Å². The Hall–Kier alpha value is -2.35. The van der Waals surface area contributed by atoms with E-state index < -0.39 is 11.4 Å². The lowest BCUT2D eigenvalue weighted by molar-refractivity contribution is -0.0363. The van der Waals surface area contributed by atoms with Crippen molar-refractivity contribution in [1.29, 1.82) is 0 Å². The normalized spacial score (nSPS) is 30.2. The number of carbonyl (C=O) groups excluding carboxylic acids is 1. The van der Waals surface area contributed by atoms with Gasteiger partial charge in [-0.1, -0.05) is 0 Å². The highest BCUT2D eigenvalue weighted by molar-refractivity contribution is 5.98. The van der Waals surface area contributed by atoms with Crippen LogP contribution in [0.3, 0.4) is 0 Å². The summed E-state index contributed by atoms with van der Waals surface area (Å²) < 4.78 is 12.9. The van der Waals surface area contributed by atoms with Crippen molar-refractivity contribution in [2.24, 2.45) is 0 Å². The van der Waals surface area contributed by atoms with E-state index in [0.717, 1.165) is 25.7 Å². The van der Waals surface area contributed by atoms with Gasteiger partial charge in [-0.15, -0.1) is 0 Å². The van der Waals surface area contributed by atoms with Crippen molar-refractivity contribution in [3.05, 3.63) is 27.7 Å². The zero-order valence-electron chi connectivity index (χ0n) is 14.8. The van der Waals surface area contributed by atoms with Gasteiger partial charge in [0.05, 0.1) is 25.3 Å². The first-order chi connectivity index (χ1) is 12.5. The molecule has 26 heavy (non-hydrogen) atoms. The summed E-state index contributed by atoms with van der Waals surface area (Å²) in [4.78, 5) is 39.2. The molecule has 4 rings (SSSR count). The molecule has 3 aliphatic rings. The molecule has 0 spiro atoms. The molecule has 1 aromatic heterocycles. The summed E-state index contributed by atoms with van der Waals surface area (Å²) in [6, 6.07) is -0.310. The number of ether oxygens (including phenoxy) is 2. The highest BCUT2D eigenvalue weighted by Gasteiger charge is 2.50. The largest absolute Gasteiger partial charge is 0.491 e. The number of aromatic nitrogens is 1. The molecule has 4 atom stereocenters. The van der Waals surface area contributed by atoms with Crippen LogP contribution in [-0.4, -0.2) is 58.4 Å². The summed E-state index contributed by atoms with van der Waals surface area (Å²) in [6.45, 7) is 2.57. The van der Waals surface area contributed by atoms with Crippen LogP contribution in [0.15, 0.2) is 11.0 Å². The van der Waals surface area contributed by atoms with E-state index in [-0.39, 0.29) is 47.1 Å². The van der Waals surface area contributed by atoms with Crippen molar-refractivity contribution in [1.82, 2.24) is 9.47 Å². The van der Waals surface area contributed by atoms with Gasteiger partial charge in [-0.25, -0.2) is 4.79 Å². The number of rotatable bonds is 2. The Morgan fingerprint density at radius 1 is 1.31 bits per heavy atom. The van der Waals surface area contributed by atoms with E-state index in [9.17, 15) is 19.5 Å². The molecule has 8 heteroatoms. The van der Waals surface area contributed by atoms with Crippen molar-refractivity contribution < 1.29 is 24.2 Å².